The van der Waals surface area contributed by atoms with Gasteiger partial charge in [0.25, 0.3) is 0 Å². The van der Waals surface area contributed by atoms with Crippen molar-refractivity contribution in [3.63, 3.8) is 0 Å². The number of hydrogen-bond donors (Lipinski definition) is 0. The van der Waals surface area contributed by atoms with Gasteiger partial charge in [-0.15, -0.1) is 0 Å². The van der Waals surface area contributed by atoms with Crippen molar-refractivity contribution in [3.8, 4) is 11.5 Å². The Labute approximate surface area is 210 Å². The van der Waals surface area contributed by atoms with E-state index in [0.29, 0.717) is 17.1 Å². The van der Waals surface area contributed by atoms with E-state index < -0.39 is 5.60 Å². The van der Waals surface area contributed by atoms with E-state index in [-0.39, 0.29) is 5.97 Å². The topological polar surface area (TPSA) is 51.1 Å². The molecule has 0 radical (unpaired) electrons. The maximum absolute atomic E-state index is 13.1. The largest absolute Gasteiger partial charge is 0.456 e. The van der Waals surface area contributed by atoms with Crippen LogP contribution in [0.1, 0.15) is 46.5 Å². The quantitative estimate of drug-likeness (QED) is 0.234. The molecule has 4 aromatic carbocycles. The van der Waals surface area contributed by atoms with E-state index in [1.165, 1.54) is 0 Å². The van der Waals surface area contributed by atoms with Crippen molar-refractivity contribution >= 4 is 23.6 Å². The number of nitrogens with zero attached hydrogens (tertiary/aromatic N) is 2. The van der Waals surface area contributed by atoms with Gasteiger partial charge in [-0.3, -0.25) is 4.99 Å². The minimum atomic E-state index is -1.10. The van der Waals surface area contributed by atoms with Gasteiger partial charge in [-0.25, -0.2) is 4.79 Å². The van der Waals surface area contributed by atoms with Crippen LogP contribution in [0.25, 0.3) is 0 Å². The number of ether oxygens (including phenoxy) is 2. The molecule has 0 fully saturated rings. The number of aliphatic imine (C=N–C) groups is 1. The number of esters is 1. The number of benzene rings is 4. The van der Waals surface area contributed by atoms with Crippen LogP contribution in [0.4, 0.5) is 11.4 Å². The molecule has 0 aromatic heterocycles. The van der Waals surface area contributed by atoms with Crippen LogP contribution in [0.15, 0.2) is 96.0 Å². The SMILES string of the molecule is CCN(CC)c1ccc2c(c1)Oc1ccc(N=Cc3ccccc3)cc1C21OC(=O)c2ccccc21. The van der Waals surface area contributed by atoms with Gasteiger partial charge in [-0.1, -0.05) is 48.5 Å². The van der Waals surface area contributed by atoms with Crippen LogP contribution in [0, 0.1) is 0 Å². The first-order valence-corrected chi connectivity index (χ1v) is 12.3. The van der Waals surface area contributed by atoms with Crippen molar-refractivity contribution in [2.24, 2.45) is 4.99 Å². The summed E-state index contributed by atoms with van der Waals surface area (Å²) < 4.78 is 12.7. The summed E-state index contributed by atoms with van der Waals surface area (Å²) in [6.07, 6.45) is 1.83. The highest BCUT2D eigenvalue weighted by molar-refractivity contribution is 5.97. The van der Waals surface area contributed by atoms with Crippen molar-refractivity contribution in [2.75, 3.05) is 18.0 Å². The van der Waals surface area contributed by atoms with Crippen LogP contribution in [0.3, 0.4) is 0 Å². The highest BCUT2D eigenvalue weighted by atomic mass is 16.6. The highest BCUT2D eigenvalue weighted by Gasteiger charge is 2.53. The zero-order valence-electron chi connectivity index (χ0n) is 20.3. The Morgan fingerprint density at radius 1 is 0.806 bits per heavy atom. The van der Waals surface area contributed by atoms with Crippen LogP contribution in [-0.2, 0) is 10.3 Å². The van der Waals surface area contributed by atoms with Gasteiger partial charge in [-0.2, -0.15) is 0 Å². The number of rotatable bonds is 5. The third-order valence-electron chi connectivity index (χ3n) is 6.97. The first kappa shape index (κ1) is 22.1. The Balaban J connectivity index is 1.54. The van der Waals surface area contributed by atoms with E-state index in [1.54, 1.807) is 0 Å². The third kappa shape index (κ3) is 3.39. The molecule has 0 bridgehead atoms. The minimum Gasteiger partial charge on any atom is -0.456 e. The van der Waals surface area contributed by atoms with Crippen molar-refractivity contribution in [3.05, 3.63) is 119 Å². The zero-order chi connectivity index (χ0) is 24.7. The van der Waals surface area contributed by atoms with Gasteiger partial charge in [0.1, 0.15) is 11.5 Å². The van der Waals surface area contributed by atoms with E-state index in [2.05, 4.69) is 24.8 Å². The van der Waals surface area contributed by atoms with Gasteiger partial charge in [-0.05, 0) is 55.8 Å². The summed E-state index contributed by atoms with van der Waals surface area (Å²) in [6.45, 7) is 6.04. The predicted octanol–water partition coefficient (Wildman–Crippen LogP) is 6.85. The van der Waals surface area contributed by atoms with Gasteiger partial charge < -0.3 is 14.4 Å². The standard InChI is InChI=1S/C31H26N2O3/c1-3-33(4-2)23-15-16-26-29(19-23)35-28-17-14-22(32-20-21-10-6-5-7-11-21)18-27(28)31(26)25-13-9-8-12-24(25)30(34)36-31/h5-20H,3-4H2,1-2H3. The first-order valence-electron chi connectivity index (χ1n) is 12.3. The molecule has 0 amide bonds. The van der Waals surface area contributed by atoms with Crippen LogP contribution >= 0.6 is 0 Å². The van der Waals surface area contributed by atoms with Crippen LogP contribution in [-0.4, -0.2) is 25.3 Å². The van der Waals surface area contributed by atoms with E-state index in [4.69, 9.17) is 14.5 Å². The number of hydrogen-bond acceptors (Lipinski definition) is 5. The van der Waals surface area contributed by atoms with E-state index in [1.807, 2.05) is 91.1 Å². The lowest BCUT2D eigenvalue weighted by Crippen LogP contribution is -2.33. The number of fused-ring (bicyclic) bond motifs is 6. The lowest BCUT2D eigenvalue weighted by Gasteiger charge is -2.37. The Morgan fingerprint density at radius 2 is 1.58 bits per heavy atom. The second-order valence-electron chi connectivity index (χ2n) is 8.92. The molecule has 5 heteroatoms. The summed E-state index contributed by atoms with van der Waals surface area (Å²) in [4.78, 5) is 20.1. The van der Waals surface area contributed by atoms with E-state index >= 15 is 0 Å². The van der Waals surface area contributed by atoms with E-state index in [0.717, 1.165) is 46.7 Å². The maximum atomic E-state index is 13.1. The van der Waals surface area contributed by atoms with E-state index in [9.17, 15) is 4.79 Å². The molecule has 0 saturated carbocycles. The molecule has 0 aliphatic carbocycles. The zero-order valence-corrected chi connectivity index (χ0v) is 20.3. The van der Waals surface area contributed by atoms with Crippen LogP contribution < -0.4 is 9.64 Å². The Hall–Kier alpha value is -4.38. The molecular formula is C31H26N2O3. The molecule has 6 rings (SSSR count). The second kappa shape index (κ2) is 8.68. The van der Waals surface area contributed by atoms with Gasteiger partial charge in [0.05, 0.1) is 11.3 Å². The first-order chi connectivity index (χ1) is 17.6. The van der Waals surface area contributed by atoms with Gasteiger partial charge in [0.2, 0.25) is 0 Å². The summed E-state index contributed by atoms with van der Waals surface area (Å²) in [5, 5.41) is 0. The van der Waals surface area contributed by atoms with Crippen molar-refractivity contribution < 1.29 is 14.3 Å². The Morgan fingerprint density at radius 3 is 2.39 bits per heavy atom. The monoisotopic (exact) mass is 474 g/mol. The van der Waals surface area contributed by atoms with Gasteiger partial charge in [0.15, 0.2) is 5.60 Å². The highest BCUT2D eigenvalue weighted by Crippen LogP contribution is 2.57. The fourth-order valence-corrected chi connectivity index (χ4v) is 5.20. The molecular weight excluding hydrogens is 448 g/mol. The average Bonchev–Trinajstić information content (AvgIpc) is 3.22. The Kier molecular flexibility index (Phi) is 5.33. The van der Waals surface area contributed by atoms with Crippen molar-refractivity contribution in [2.45, 2.75) is 19.4 Å². The molecule has 0 saturated heterocycles. The molecule has 36 heavy (non-hydrogen) atoms. The van der Waals surface area contributed by atoms with Gasteiger partial charge in [0, 0.05) is 47.7 Å². The average molecular weight is 475 g/mol. The lowest BCUT2D eigenvalue weighted by atomic mass is 9.77. The summed E-state index contributed by atoms with van der Waals surface area (Å²) in [5.41, 5.74) is 4.70. The molecule has 1 atom stereocenters. The molecule has 2 heterocycles. The molecule has 2 aliphatic rings. The normalized spacial score (nSPS) is 17.3. The summed E-state index contributed by atoms with van der Waals surface area (Å²) in [5.74, 6) is 1.01. The molecule has 4 aromatic rings. The van der Waals surface area contributed by atoms with Crippen LogP contribution in [0.2, 0.25) is 0 Å². The summed E-state index contributed by atoms with van der Waals surface area (Å²) in [6, 6.07) is 29.5. The minimum absolute atomic E-state index is 0.338. The molecule has 5 nitrogen and oxygen atoms in total. The Bertz CT molecular complexity index is 1490. The fourth-order valence-electron chi connectivity index (χ4n) is 5.20. The number of carbonyl (C=O) groups is 1. The molecule has 0 N–H and O–H groups in total. The number of anilines is 1. The maximum Gasteiger partial charge on any atom is 0.340 e. The van der Waals surface area contributed by atoms with Crippen molar-refractivity contribution in [1.82, 2.24) is 0 Å². The third-order valence-corrected chi connectivity index (χ3v) is 6.97. The second-order valence-corrected chi connectivity index (χ2v) is 8.92. The fraction of sp³-hybridized carbons (Fsp3) is 0.161. The summed E-state index contributed by atoms with van der Waals surface area (Å²) >= 11 is 0. The molecule has 1 unspecified atom stereocenters. The smallest absolute Gasteiger partial charge is 0.340 e. The number of carbonyl (C=O) groups excluding carboxylic acids is 1. The van der Waals surface area contributed by atoms with Crippen molar-refractivity contribution in [1.29, 1.82) is 0 Å². The summed E-state index contributed by atoms with van der Waals surface area (Å²) in [7, 11) is 0. The van der Waals surface area contributed by atoms with Crippen LogP contribution in [0.5, 0.6) is 11.5 Å². The predicted molar refractivity (Wildman–Crippen MR) is 142 cm³/mol. The molecule has 1 spiro atoms. The lowest BCUT2D eigenvalue weighted by molar-refractivity contribution is 0.0224. The molecule has 178 valence electrons. The van der Waals surface area contributed by atoms with Gasteiger partial charge >= 0.3 is 5.97 Å². The molecule has 2 aliphatic heterocycles.